The third-order valence-electron chi connectivity index (χ3n) is 7.61. The van der Waals surface area contributed by atoms with Crippen LogP contribution in [0.15, 0.2) is 10.5 Å². The van der Waals surface area contributed by atoms with Crippen LogP contribution >= 0.6 is 15.9 Å². The first-order valence-electron chi connectivity index (χ1n) is 13.3. The summed E-state index contributed by atoms with van der Waals surface area (Å²) in [7, 11) is 2.10. The number of aromatic nitrogens is 4. The van der Waals surface area contributed by atoms with Crippen LogP contribution in [0.4, 0.5) is 9.18 Å². The molecule has 2 saturated heterocycles. The molecule has 1 amide bonds. The summed E-state index contributed by atoms with van der Waals surface area (Å²) in [6.07, 6.45) is 3.07. The van der Waals surface area contributed by atoms with Crippen LogP contribution in [-0.4, -0.2) is 80.3 Å². The molecule has 38 heavy (non-hydrogen) atoms. The van der Waals surface area contributed by atoms with Gasteiger partial charge in [-0.15, -0.1) is 5.10 Å². The first-order valence-corrected chi connectivity index (χ1v) is 14.1. The number of hydrogen-bond acceptors (Lipinski definition) is 7. The zero-order chi connectivity index (χ0) is 27.4. The number of ether oxygens (including phenoxy) is 2. The lowest BCUT2D eigenvalue weighted by atomic mass is 10.0. The Morgan fingerprint density at radius 2 is 1.89 bits per heavy atom. The average molecular weight is 592 g/mol. The normalized spacial score (nSPS) is 20.4. The first kappa shape index (κ1) is 27.1. The molecule has 11 heteroatoms. The minimum Gasteiger partial charge on any atom is -0.471 e. The van der Waals surface area contributed by atoms with Crippen LogP contribution in [0.2, 0.25) is 0 Å². The van der Waals surface area contributed by atoms with Gasteiger partial charge < -0.3 is 14.4 Å². The van der Waals surface area contributed by atoms with Crippen molar-refractivity contribution in [2.24, 2.45) is 0 Å². The van der Waals surface area contributed by atoms with Crippen molar-refractivity contribution in [1.82, 2.24) is 29.8 Å². The second-order valence-corrected chi connectivity index (χ2v) is 12.4. The third-order valence-corrected chi connectivity index (χ3v) is 8.58. The van der Waals surface area contributed by atoms with Crippen molar-refractivity contribution in [3.8, 4) is 5.88 Å². The Morgan fingerprint density at radius 1 is 1.18 bits per heavy atom. The maximum absolute atomic E-state index is 15.5. The predicted octanol–water partition coefficient (Wildman–Crippen LogP) is 5.62. The molecule has 3 aromatic rings. The number of amides is 1. The van der Waals surface area contributed by atoms with Crippen LogP contribution in [-0.2, 0) is 4.74 Å². The Balaban J connectivity index is 1.52. The largest absolute Gasteiger partial charge is 0.471 e. The van der Waals surface area contributed by atoms with E-state index >= 15 is 4.39 Å². The number of piperidine rings is 1. The summed E-state index contributed by atoms with van der Waals surface area (Å²) in [5.41, 5.74) is 1.69. The number of benzene rings is 1. The van der Waals surface area contributed by atoms with Crippen molar-refractivity contribution >= 4 is 44.0 Å². The van der Waals surface area contributed by atoms with E-state index in [9.17, 15) is 4.79 Å². The standard InChI is InChI=1S/C27H36BrFN6O3/c1-15-14-18-22(21(29)20(15)28)30-25(37-16(2)19-8-7-11-33(19)6)23-24(18)35(32-31-23)17-9-12-34(13-10-17)26(36)38-27(3,4)5/h14,16-17,19H,7-13H2,1-6H3/t16-,19-/m0/s1. The molecule has 5 rings (SSSR count). The van der Waals surface area contributed by atoms with Crippen LogP contribution in [0.1, 0.15) is 65.0 Å². The van der Waals surface area contributed by atoms with Crippen molar-refractivity contribution in [2.45, 2.75) is 84.1 Å². The quantitative estimate of drug-likeness (QED) is 0.389. The van der Waals surface area contributed by atoms with Crippen LogP contribution in [0.25, 0.3) is 21.9 Å². The van der Waals surface area contributed by atoms with Gasteiger partial charge in [0.15, 0.2) is 11.3 Å². The van der Waals surface area contributed by atoms with Gasteiger partial charge in [-0.25, -0.2) is 18.9 Å². The van der Waals surface area contributed by atoms with Gasteiger partial charge in [0, 0.05) is 24.5 Å². The number of likely N-dealkylation sites (N-methyl/N-ethyl adjacent to an activating group) is 1. The van der Waals surface area contributed by atoms with Crippen molar-refractivity contribution in [3.63, 3.8) is 0 Å². The Bertz CT molecular complexity index is 1360. The van der Waals surface area contributed by atoms with Crippen LogP contribution in [0, 0.1) is 12.7 Å². The molecule has 9 nitrogen and oxygen atoms in total. The average Bonchev–Trinajstić information content (AvgIpc) is 3.49. The highest BCUT2D eigenvalue weighted by Gasteiger charge is 2.32. The van der Waals surface area contributed by atoms with Gasteiger partial charge in [-0.05, 0) is 101 Å². The van der Waals surface area contributed by atoms with Gasteiger partial charge in [-0.1, -0.05) is 5.21 Å². The lowest BCUT2D eigenvalue weighted by Gasteiger charge is -2.33. The van der Waals surface area contributed by atoms with E-state index in [2.05, 4.69) is 43.2 Å². The second kappa shape index (κ2) is 10.2. The molecule has 0 N–H and O–H groups in total. The Kier molecular flexibility index (Phi) is 7.28. The fourth-order valence-electron chi connectivity index (χ4n) is 5.62. The zero-order valence-corrected chi connectivity index (χ0v) is 24.5. The molecule has 0 bridgehead atoms. The highest BCUT2D eigenvalue weighted by atomic mass is 79.9. The molecule has 1 aromatic carbocycles. The maximum atomic E-state index is 15.5. The van der Waals surface area contributed by atoms with E-state index in [0.29, 0.717) is 52.7 Å². The van der Waals surface area contributed by atoms with Gasteiger partial charge in [-0.3, -0.25) is 4.90 Å². The summed E-state index contributed by atoms with van der Waals surface area (Å²) < 4.78 is 29.7. The molecule has 2 aliphatic heterocycles. The molecule has 2 aliphatic rings. The summed E-state index contributed by atoms with van der Waals surface area (Å²) in [5.74, 6) is -0.128. The van der Waals surface area contributed by atoms with Crippen molar-refractivity contribution < 1.29 is 18.7 Å². The third kappa shape index (κ3) is 5.06. The predicted molar refractivity (Wildman–Crippen MR) is 147 cm³/mol. The lowest BCUT2D eigenvalue weighted by molar-refractivity contribution is 0.0185. The number of rotatable bonds is 4. The SMILES string of the molecule is Cc1cc2c(nc(O[C@@H](C)[C@@H]3CCCN3C)c3nnn(C4CCN(C(=O)OC(C)(C)C)CC4)c32)c(F)c1Br. The highest BCUT2D eigenvalue weighted by Crippen LogP contribution is 2.38. The second-order valence-electron chi connectivity index (χ2n) is 11.6. The number of carbonyl (C=O) groups excluding carboxylic acids is 1. The van der Waals surface area contributed by atoms with E-state index in [1.165, 1.54) is 0 Å². The Morgan fingerprint density at radius 3 is 2.53 bits per heavy atom. The number of halogens is 2. The van der Waals surface area contributed by atoms with Crippen molar-refractivity contribution in [2.75, 3.05) is 26.7 Å². The maximum Gasteiger partial charge on any atom is 0.410 e. The molecule has 0 unspecified atom stereocenters. The van der Waals surface area contributed by atoms with Gasteiger partial charge >= 0.3 is 6.09 Å². The van der Waals surface area contributed by atoms with Gasteiger partial charge in [0.05, 0.1) is 10.5 Å². The molecule has 0 saturated carbocycles. The monoisotopic (exact) mass is 590 g/mol. The van der Waals surface area contributed by atoms with Crippen molar-refractivity contribution in [3.05, 3.63) is 21.9 Å². The van der Waals surface area contributed by atoms with E-state index in [4.69, 9.17) is 9.47 Å². The minimum atomic E-state index is -0.543. The van der Waals surface area contributed by atoms with E-state index in [1.807, 2.05) is 45.4 Å². The number of pyridine rings is 1. The molecule has 0 radical (unpaired) electrons. The van der Waals surface area contributed by atoms with Gasteiger partial charge in [0.1, 0.15) is 22.7 Å². The van der Waals surface area contributed by atoms with Crippen LogP contribution in [0.5, 0.6) is 5.88 Å². The number of hydrogen-bond donors (Lipinski definition) is 0. The first-order chi connectivity index (χ1) is 17.9. The topological polar surface area (TPSA) is 85.6 Å². The summed E-state index contributed by atoms with van der Waals surface area (Å²) in [4.78, 5) is 21.2. The fraction of sp³-hybridized carbons (Fsp3) is 0.630. The zero-order valence-electron chi connectivity index (χ0n) is 22.9. The summed E-state index contributed by atoms with van der Waals surface area (Å²) in [5, 5.41) is 9.68. The van der Waals surface area contributed by atoms with Gasteiger partial charge in [0.2, 0.25) is 5.88 Å². The number of carbonyl (C=O) groups is 1. The van der Waals surface area contributed by atoms with Gasteiger partial charge in [-0.2, -0.15) is 0 Å². The molecule has 2 atom stereocenters. The lowest BCUT2D eigenvalue weighted by Crippen LogP contribution is -2.42. The molecule has 0 aliphatic carbocycles. The fourth-order valence-corrected chi connectivity index (χ4v) is 5.92. The van der Waals surface area contributed by atoms with Gasteiger partial charge in [0.25, 0.3) is 0 Å². The molecule has 2 aromatic heterocycles. The smallest absolute Gasteiger partial charge is 0.410 e. The summed E-state index contributed by atoms with van der Waals surface area (Å²) in [6, 6.07) is 2.16. The number of fused-ring (bicyclic) bond motifs is 3. The van der Waals surface area contributed by atoms with Crippen LogP contribution in [0.3, 0.4) is 0 Å². The summed E-state index contributed by atoms with van der Waals surface area (Å²) in [6.45, 7) is 11.6. The Hall–Kier alpha value is -2.53. The van der Waals surface area contributed by atoms with Crippen molar-refractivity contribution in [1.29, 1.82) is 0 Å². The number of aryl methyl sites for hydroxylation is 1. The highest BCUT2D eigenvalue weighted by molar-refractivity contribution is 9.10. The Labute approximate surface area is 230 Å². The number of nitrogens with zero attached hydrogens (tertiary/aromatic N) is 6. The number of likely N-dealkylation sites (tertiary alicyclic amines) is 2. The minimum absolute atomic E-state index is 0.0115. The summed E-state index contributed by atoms with van der Waals surface area (Å²) >= 11 is 3.38. The molecule has 2 fully saturated rings. The van der Waals surface area contributed by atoms with Crippen LogP contribution < -0.4 is 4.74 Å². The van der Waals surface area contributed by atoms with E-state index in [-0.39, 0.29) is 29.8 Å². The molecular formula is C27H36BrFN6O3. The van der Waals surface area contributed by atoms with E-state index in [1.54, 1.807) is 4.90 Å². The van der Waals surface area contributed by atoms with E-state index < -0.39 is 11.4 Å². The molecule has 0 spiro atoms. The molecule has 206 valence electrons. The molecular weight excluding hydrogens is 555 g/mol. The molecule has 4 heterocycles. The van der Waals surface area contributed by atoms with E-state index in [0.717, 1.165) is 24.9 Å².